The van der Waals surface area contributed by atoms with E-state index >= 15 is 0 Å². The second-order valence-electron chi connectivity index (χ2n) is 3.42. The van der Waals surface area contributed by atoms with Crippen molar-refractivity contribution >= 4 is 35.8 Å². The molecule has 0 fully saturated rings. The third-order valence-electron chi connectivity index (χ3n) is 0.136. The van der Waals surface area contributed by atoms with Gasteiger partial charge in [0, 0.05) is 56.2 Å². The fourth-order valence-electron chi connectivity index (χ4n) is 0. The Kier molecular flexibility index (Phi) is 86.6. The van der Waals surface area contributed by atoms with Crippen LogP contribution in [0, 0.1) is 6.54 Å². The fourth-order valence-corrected chi connectivity index (χ4v) is 0. The van der Waals surface area contributed by atoms with Gasteiger partial charge in [-0.05, 0) is 41.5 Å². The van der Waals surface area contributed by atoms with E-state index in [0.717, 1.165) is 41.5 Å². The number of carboxylic acids is 6. The number of carbonyl (C=O) groups excluding carboxylic acids is 6. The van der Waals surface area contributed by atoms with Crippen molar-refractivity contribution in [2.75, 3.05) is 6.54 Å². The largest absolute Gasteiger partial charge is 0.550 e. The number of rotatable bonds is 1. The van der Waals surface area contributed by atoms with Crippen molar-refractivity contribution in [3.05, 3.63) is 6.54 Å². The van der Waals surface area contributed by atoms with Gasteiger partial charge >= 0.3 is 0 Å². The first kappa shape index (κ1) is 50.3. The van der Waals surface area contributed by atoms with Gasteiger partial charge in [-0.2, -0.15) is 0 Å². The average molecular weight is 600 g/mol. The first-order valence-corrected chi connectivity index (χ1v) is 6.60. The van der Waals surface area contributed by atoms with Crippen molar-refractivity contribution in [1.29, 1.82) is 0 Å². The predicted molar refractivity (Wildman–Crippen MR) is 81.6 cm³/mol. The van der Waals surface area contributed by atoms with Crippen molar-refractivity contribution in [2.45, 2.75) is 41.5 Å². The maximum Gasteiger partial charge on any atom is 0.0383 e. The van der Waals surface area contributed by atoms with Crippen molar-refractivity contribution in [2.24, 2.45) is 11.5 Å². The van der Waals surface area contributed by atoms with E-state index in [2.05, 4.69) is 0 Å². The van der Waals surface area contributed by atoms with Gasteiger partial charge in [0.25, 0.3) is 0 Å². The molecular formula is C14H25N2O12Re-7. The Bertz CT molecular complexity index is 298. The van der Waals surface area contributed by atoms with Crippen LogP contribution in [0.2, 0.25) is 0 Å². The van der Waals surface area contributed by atoms with E-state index < -0.39 is 35.8 Å². The third kappa shape index (κ3) is 5450. The molecule has 0 aromatic carbocycles. The van der Waals surface area contributed by atoms with Crippen molar-refractivity contribution < 1.29 is 79.8 Å². The van der Waals surface area contributed by atoms with Crippen LogP contribution in [0.15, 0.2) is 0 Å². The second-order valence-corrected chi connectivity index (χ2v) is 3.42. The fraction of sp³-hybridized carbons (Fsp3) is 0.500. The maximum absolute atomic E-state index is 8.89. The van der Waals surface area contributed by atoms with Gasteiger partial charge in [-0.25, -0.2) is 0 Å². The summed E-state index contributed by atoms with van der Waals surface area (Å²) in [6.07, 6.45) is 0. The van der Waals surface area contributed by atoms with Gasteiger partial charge in [0.15, 0.2) is 0 Å². The Morgan fingerprint density at radius 3 is 0.586 bits per heavy atom. The molecule has 0 aliphatic rings. The number of carbonyl (C=O) groups is 6. The molecule has 0 amide bonds. The molecule has 29 heavy (non-hydrogen) atoms. The standard InChI is InChI=1S/C2H7N2.6C2H4O2.Re/c3-1-2-4;6*1-2(3)4;/h1H,2-4H2;6*1H3,(H,3,4);/q-1;;;;;;;/p-6. The van der Waals surface area contributed by atoms with Crippen LogP contribution in [0.25, 0.3) is 0 Å². The molecule has 15 heteroatoms. The second kappa shape index (κ2) is 49.9. The summed E-state index contributed by atoms with van der Waals surface area (Å²) >= 11 is 0. The quantitative estimate of drug-likeness (QED) is 0.265. The van der Waals surface area contributed by atoms with Crippen molar-refractivity contribution in [1.82, 2.24) is 0 Å². The summed E-state index contributed by atoms with van der Waals surface area (Å²) < 4.78 is 0. The molecule has 4 N–H and O–H groups in total. The molecule has 1 radical (unpaired) electrons. The first-order chi connectivity index (χ1) is 12.3. The van der Waals surface area contributed by atoms with Crippen LogP contribution >= 0.6 is 0 Å². The number of hydrogen-bond donors (Lipinski definition) is 2. The van der Waals surface area contributed by atoms with E-state index in [9.17, 15) is 0 Å². The van der Waals surface area contributed by atoms with E-state index in [1.807, 2.05) is 0 Å². The summed E-state index contributed by atoms with van der Waals surface area (Å²) in [5, 5.41) is 53.3. The van der Waals surface area contributed by atoms with Crippen LogP contribution in [-0.2, 0) is 49.2 Å². The van der Waals surface area contributed by atoms with Gasteiger partial charge in [0.1, 0.15) is 0 Å². The van der Waals surface area contributed by atoms with Crippen LogP contribution in [0.4, 0.5) is 0 Å². The monoisotopic (exact) mass is 600 g/mol. The first-order valence-electron chi connectivity index (χ1n) is 6.60. The topological polar surface area (TPSA) is 293 Å². The number of nitrogens with two attached hydrogens (primary N) is 2. The zero-order valence-corrected chi connectivity index (χ0v) is 19.4. The molecule has 0 unspecified atom stereocenters. The van der Waals surface area contributed by atoms with E-state index in [1.54, 1.807) is 0 Å². The molecule has 177 valence electrons. The molecule has 0 atom stereocenters. The summed E-state index contributed by atoms with van der Waals surface area (Å²) in [4.78, 5) is 53.3. The van der Waals surface area contributed by atoms with Crippen LogP contribution in [-0.4, -0.2) is 42.4 Å². The molecule has 0 aromatic rings. The number of aliphatic carboxylic acids is 6. The predicted octanol–water partition coefficient (Wildman–Crippen LogP) is -8.40. The summed E-state index contributed by atoms with van der Waals surface area (Å²) in [5.41, 5.74) is 9.62. The molecular weight excluding hydrogens is 574 g/mol. The minimum absolute atomic E-state index is 0. The van der Waals surface area contributed by atoms with Gasteiger partial charge in [-0.1, -0.05) is 0 Å². The van der Waals surface area contributed by atoms with Crippen molar-refractivity contribution in [3.8, 4) is 0 Å². The van der Waals surface area contributed by atoms with Crippen LogP contribution in [0.5, 0.6) is 0 Å². The van der Waals surface area contributed by atoms with Crippen molar-refractivity contribution in [3.63, 3.8) is 0 Å². The molecule has 0 aliphatic heterocycles. The van der Waals surface area contributed by atoms with Crippen LogP contribution in [0.3, 0.4) is 0 Å². The van der Waals surface area contributed by atoms with Gasteiger partial charge in [-0.15, -0.1) is 6.54 Å². The minimum Gasteiger partial charge on any atom is -0.550 e. The molecule has 0 bridgehead atoms. The van der Waals surface area contributed by atoms with E-state index in [4.69, 9.17) is 70.9 Å². The Morgan fingerprint density at radius 1 is 0.552 bits per heavy atom. The molecule has 14 nitrogen and oxygen atoms in total. The minimum atomic E-state index is -1.08. The summed E-state index contributed by atoms with van der Waals surface area (Å²) in [5.74, 6) is -6.50. The third-order valence-corrected chi connectivity index (χ3v) is 0.136. The Morgan fingerprint density at radius 2 is 0.586 bits per heavy atom. The molecule has 0 aromatic heterocycles. The Hall–Kier alpha value is -2.60. The SMILES string of the molecule is CC(=O)[O-].CC(=O)[O-].CC(=O)[O-].CC(=O)[O-].CC(=O)[O-].CC(=O)[O-].N[CH-]CN.[Re]. The molecule has 0 heterocycles. The summed E-state index contributed by atoms with van der Waals surface area (Å²) in [6.45, 7) is 7.71. The molecule has 0 spiro atoms. The average Bonchev–Trinajstić information content (AvgIpc) is 2.34. The normalized spacial score (nSPS) is 6.21. The van der Waals surface area contributed by atoms with Gasteiger partial charge in [0.2, 0.25) is 0 Å². The maximum atomic E-state index is 8.89. The number of carboxylic acid groups (broad SMARTS) is 6. The Labute approximate surface area is 182 Å². The van der Waals surface area contributed by atoms with Gasteiger partial charge < -0.3 is 70.9 Å². The van der Waals surface area contributed by atoms with Gasteiger partial charge in [0.05, 0.1) is 0 Å². The molecule has 0 rings (SSSR count). The molecule has 0 aliphatic carbocycles. The zero-order chi connectivity index (χ0) is 24.9. The smallest absolute Gasteiger partial charge is 0.0383 e. The van der Waals surface area contributed by atoms with E-state index in [1.165, 1.54) is 6.54 Å². The zero-order valence-electron chi connectivity index (χ0n) is 16.7. The van der Waals surface area contributed by atoms with Crippen LogP contribution in [0.1, 0.15) is 41.5 Å². The van der Waals surface area contributed by atoms with E-state index in [0.29, 0.717) is 6.54 Å². The Balaban J connectivity index is -0.0000000294. The number of hydrogen-bond acceptors (Lipinski definition) is 14. The molecule has 0 saturated heterocycles. The summed E-state index contributed by atoms with van der Waals surface area (Å²) in [6, 6.07) is 0. The molecule has 0 saturated carbocycles. The van der Waals surface area contributed by atoms with Gasteiger partial charge in [-0.3, -0.25) is 6.54 Å². The summed E-state index contributed by atoms with van der Waals surface area (Å²) in [7, 11) is 0. The van der Waals surface area contributed by atoms with E-state index in [-0.39, 0.29) is 20.4 Å². The van der Waals surface area contributed by atoms with Crippen LogP contribution < -0.4 is 42.1 Å².